The number of para-hydroxylation sites is 1. The third kappa shape index (κ3) is 5.57. The molecule has 1 aliphatic carbocycles. The van der Waals surface area contributed by atoms with Gasteiger partial charge in [-0.1, -0.05) is 83.3 Å². The van der Waals surface area contributed by atoms with Gasteiger partial charge in [0.25, 0.3) is 0 Å². The van der Waals surface area contributed by atoms with Gasteiger partial charge in [0.15, 0.2) is 3.24 Å². The van der Waals surface area contributed by atoms with E-state index >= 15 is 0 Å². The zero-order valence-electron chi connectivity index (χ0n) is 16.9. The molecular weight excluding hydrogens is 569 g/mol. The Morgan fingerprint density at radius 2 is 1.84 bits per heavy atom. The number of ether oxygens (including phenoxy) is 2. The molecule has 2 aromatic carbocycles. The molecule has 0 bridgehead atoms. The summed E-state index contributed by atoms with van der Waals surface area (Å²) in [6.45, 7) is 3.95. The Balaban J connectivity index is 1.69. The molecule has 164 valence electrons. The van der Waals surface area contributed by atoms with E-state index in [-0.39, 0.29) is 16.7 Å². The van der Waals surface area contributed by atoms with E-state index in [9.17, 15) is 10.1 Å². The molecule has 0 amide bonds. The highest BCUT2D eigenvalue weighted by Crippen LogP contribution is 2.59. The van der Waals surface area contributed by atoms with Crippen molar-refractivity contribution >= 4 is 61.0 Å². The van der Waals surface area contributed by atoms with E-state index in [1.807, 2.05) is 44.2 Å². The molecule has 4 unspecified atom stereocenters. The van der Waals surface area contributed by atoms with Gasteiger partial charge in [0, 0.05) is 5.56 Å². The first-order valence-corrected chi connectivity index (χ1v) is 12.1. The fraction of sp³-hybridized carbons (Fsp3) is 0.391. The zero-order chi connectivity index (χ0) is 22.8. The number of hydrogen-bond donors (Lipinski definition) is 0. The normalized spacial score (nSPS) is 21.8. The van der Waals surface area contributed by atoms with Crippen LogP contribution in [0.4, 0.5) is 0 Å². The molecule has 0 N–H and O–H groups in total. The molecule has 2 aromatic rings. The minimum Gasteiger partial charge on any atom is -0.457 e. The monoisotopic (exact) mass is 587 g/mol. The topological polar surface area (TPSA) is 59.3 Å². The lowest BCUT2D eigenvalue weighted by atomic mass is 9.54. The number of alkyl halides is 4. The number of esters is 1. The fourth-order valence-corrected chi connectivity index (χ4v) is 5.34. The van der Waals surface area contributed by atoms with Crippen molar-refractivity contribution in [3.8, 4) is 17.6 Å². The highest BCUT2D eigenvalue weighted by molar-refractivity contribution is 9.13. The summed E-state index contributed by atoms with van der Waals surface area (Å²) in [5, 5.41) is 9.64. The number of rotatable bonds is 7. The van der Waals surface area contributed by atoms with Crippen molar-refractivity contribution in [2.75, 3.05) is 0 Å². The predicted molar refractivity (Wildman–Crippen MR) is 129 cm³/mol. The van der Waals surface area contributed by atoms with Gasteiger partial charge in [-0.25, -0.2) is 0 Å². The molecule has 1 aliphatic rings. The van der Waals surface area contributed by atoms with Gasteiger partial charge in [-0.3, -0.25) is 4.79 Å². The van der Waals surface area contributed by atoms with E-state index in [2.05, 4.69) is 37.9 Å². The first-order valence-electron chi connectivity index (χ1n) is 9.67. The van der Waals surface area contributed by atoms with Crippen molar-refractivity contribution in [2.24, 2.45) is 17.3 Å². The molecule has 1 saturated carbocycles. The Kier molecular flexibility index (Phi) is 7.63. The van der Waals surface area contributed by atoms with E-state index < -0.39 is 20.7 Å². The van der Waals surface area contributed by atoms with Crippen LogP contribution in [0.1, 0.15) is 31.9 Å². The summed E-state index contributed by atoms with van der Waals surface area (Å²) in [6.07, 6.45) is -0.470. The Labute approximate surface area is 209 Å². The smallest absolute Gasteiger partial charge is 0.311 e. The average molecular weight is 590 g/mol. The minimum atomic E-state index is -1.14. The van der Waals surface area contributed by atoms with E-state index in [1.54, 1.807) is 24.3 Å². The van der Waals surface area contributed by atoms with Crippen LogP contribution >= 0.6 is 55.1 Å². The van der Waals surface area contributed by atoms with E-state index in [4.69, 9.17) is 32.7 Å². The lowest BCUT2D eigenvalue weighted by molar-refractivity contribution is -0.169. The molecule has 0 aromatic heterocycles. The lowest BCUT2D eigenvalue weighted by Crippen LogP contribution is -2.55. The molecule has 1 fully saturated rings. The highest BCUT2D eigenvalue weighted by atomic mass is 79.9. The molecule has 4 nitrogen and oxygen atoms in total. The quantitative estimate of drug-likeness (QED) is 0.247. The third-order valence-electron chi connectivity index (χ3n) is 5.78. The van der Waals surface area contributed by atoms with Crippen LogP contribution in [0.2, 0.25) is 0 Å². The van der Waals surface area contributed by atoms with Crippen molar-refractivity contribution in [2.45, 2.75) is 34.4 Å². The molecule has 4 atom stereocenters. The SMILES string of the molecule is CC1(C)C(C(=O)OC(C#N)c2cccc(Oc3ccccc3)c2)CC1C(Br)C(Cl)(Cl)Br. The summed E-state index contributed by atoms with van der Waals surface area (Å²) >= 11 is 19.1. The summed E-state index contributed by atoms with van der Waals surface area (Å²) in [5.74, 6) is 0.524. The molecule has 0 radical (unpaired) electrons. The first kappa shape index (κ1) is 24.4. The summed E-state index contributed by atoms with van der Waals surface area (Å²) in [4.78, 5) is 12.6. The molecule has 0 heterocycles. The third-order valence-corrected chi connectivity index (χ3v) is 9.21. The average Bonchev–Trinajstić information content (AvgIpc) is 2.71. The Bertz CT molecular complexity index is 973. The van der Waals surface area contributed by atoms with Gasteiger partial charge in [0.05, 0.1) is 10.7 Å². The largest absolute Gasteiger partial charge is 0.457 e. The standard InChI is InChI=1S/C23H21Br2Cl2NO3/c1-22(2)17(20(24)23(25,26)27)12-18(22)21(29)31-19(13-28)14-7-6-10-16(11-14)30-15-8-4-3-5-9-15/h3-11,17-20H,12H2,1-2H3. The van der Waals surface area contributed by atoms with Crippen LogP contribution in [0.5, 0.6) is 11.5 Å². The molecule has 0 aliphatic heterocycles. The second-order valence-electron chi connectivity index (χ2n) is 8.09. The summed E-state index contributed by atoms with van der Waals surface area (Å²) in [6, 6.07) is 18.4. The van der Waals surface area contributed by atoms with E-state index in [1.165, 1.54) is 0 Å². The van der Waals surface area contributed by atoms with Gasteiger partial charge in [-0.05, 0) is 57.9 Å². The molecule has 0 spiro atoms. The fourth-order valence-electron chi connectivity index (χ4n) is 3.82. The van der Waals surface area contributed by atoms with Gasteiger partial charge in [0.1, 0.15) is 17.6 Å². The second kappa shape index (κ2) is 9.70. The van der Waals surface area contributed by atoms with Crippen LogP contribution in [0, 0.1) is 28.6 Å². The predicted octanol–water partition coefficient (Wildman–Crippen LogP) is 7.54. The van der Waals surface area contributed by atoms with Crippen molar-refractivity contribution in [3.63, 3.8) is 0 Å². The Morgan fingerprint density at radius 1 is 1.19 bits per heavy atom. The molecule has 8 heteroatoms. The van der Waals surface area contributed by atoms with Crippen LogP contribution in [0.15, 0.2) is 54.6 Å². The highest BCUT2D eigenvalue weighted by Gasteiger charge is 2.58. The van der Waals surface area contributed by atoms with Crippen molar-refractivity contribution < 1.29 is 14.3 Å². The Hall–Kier alpha value is -1.26. The van der Waals surface area contributed by atoms with Gasteiger partial charge in [-0.15, -0.1) is 0 Å². The van der Waals surface area contributed by atoms with Gasteiger partial charge in [-0.2, -0.15) is 5.26 Å². The summed E-state index contributed by atoms with van der Waals surface area (Å²) < 4.78 is 10.3. The minimum absolute atomic E-state index is 0.0579. The van der Waals surface area contributed by atoms with E-state index in [0.29, 0.717) is 23.5 Å². The zero-order valence-corrected chi connectivity index (χ0v) is 21.6. The maximum absolute atomic E-state index is 12.9. The van der Waals surface area contributed by atoms with Crippen molar-refractivity contribution in [1.82, 2.24) is 0 Å². The van der Waals surface area contributed by atoms with Crippen LogP contribution in [-0.4, -0.2) is 14.0 Å². The number of nitrogens with zero attached hydrogens (tertiary/aromatic N) is 1. The molecule has 31 heavy (non-hydrogen) atoms. The van der Waals surface area contributed by atoms with Crippen LogP contribution in [-0.2, 0) is 9.53 Å². The summed E-state index contributed by atoms with van der Waals surface area (Å²) in [7, 11) is 0. The maximum Gasteiger partial charge on any atom is 0.311 e. The van der Waals surface area contributed by atoms with Gasteiger partial charge < -0.3 is 9.47 Å². The number of carbonyl (C=O) groups excluding carboxylic acids is 1. The summed E-state index contributed by atoms with van der Waals surface area (Å²) in [5.41, 5.74) is 0.157. The van der Waals surface area contributed by atoms with Crippen LogP contribution < -0.4 is 4.74 Å². The van der Waals surface area contributed by atoms with Gasteiger partial charge in [0.2, 0.25) is 6.10 Å². The molecule has 3 rings (SSSR count). The molecular formula is C23H21Br2Cl2NO3. The number of benzene rings is 2. The van der Waals surface area contributed by atoms with Crippen molar-refractivity contribution in [3.05, 3.63) is 60.2 Å². The number of halogens is 4. The van der Waals surface area contributed by atoms with Gasteiger partial charge >= 0.3 is 5.97 Å². The Morgan fingerprint density at radius 3 is 2.42 bits per heavy atom. The second-order valence-corrected chi connectivity index (χ2v) is 12.6. The number of nitriles is 1. The lowest BCUT2D eigenvalue weighted by Gasteiger charge is -2.53. The first-order chi connectivity index (χ1) is 14.5. The van der Waals surface area contributed by atoms with E-state index in [0.717, 1.165) is 0 Å². The number of carbonyl (C=O) groups is 1. The maximum atomic E-state index is 12.9. The van der Waals surface area contributed by atoms with Crippen LogP contribution in [0.25, 0.3) is 0 Å². The van der Waals surface area contributed by atoms with Crippen LogP contribution in [0.3, 0.4) is 0 Å². The number of hydrogen-bond acceptors (Lipinski definition) is 4. The molecule has 0 saturated heterocycles. The van der Waals surface area contributed by atoms with Crippen molar-refractivity contribution in [1.29, 1.82) is 5.26 Å².